The van der Waals surface area contributed by atoms with Gasteiger partial charge in [0.1, 0.15) is 0 Å². The summed E-state index contributed by atoms with van der Waals surface area (Å²) in [5.74, 6) is 0. The molecule has 1 heterocycles. The predicted molar refractivity (Wildman–Crippen MR) is 95.9 cm³/mol. The van der Waals surface area contributed by atoms with Gasteiger partial charge in [0, 0.05) is 10.6 Å². The summed E-state index contributed by atoms with van der Waals surface area (Å²) in [7, 11) is 0. The molecule has 116 valence electrons. The standard InChI is InChI=1S/C19H18N2OS/c1-14-7-5-10-16(13-14)20-19(22)21-18(17-11-6-12-23-17)15-8-3-2-4-9-15/h2-13,18H,1H3,(H2,20,21,22). The molecule has 2 aromatic carbocycles. The topological polar surface area (TPSA) is 41.1 Å². The molecule has 23 heavy (non-hydrogen) atoms. The quantitative estimate of drug-likeness (QED) is 0.700. The van der Waals surface area contributed by atoms with Crippen molar-refractivity contribution in [1.29, 1.82) is 0 Å². The van der Waals surface area contributed by atoms with E-state index >= 15 is 0 Å². The number of hydrogen-bond donors (Lipinski definition) is 2. The molecule has 1 unspecified atom stereocenters. The maximum atomic E-state index is 12.4. The highest BCUT2D eigenvalue weighted by atomic mass is 32.1. The van der Waals surface area contributed by atoms with E-state index in [1.165, 1.54) is 0 Å². The fourth-order valence-corrected chi connectivity index (χ4v) is 3.24. The molecule has 0 fully saturated rings. The van der Waals surface area contributed by atoms with Crippen molar-refractivity contribution in [2.45, 2.75) is 13.0 Å². The number of aryl methyl sites for hydroxylation is 1. The summed E-state index contributed by atoms with van der Waals surface area (Å²) in [6.45, 7) is 2.00. The number of rotatable bonds is 4. The lowest BCUT2D eigenvalue weighted by Crippen LogP contribution is -2.32. The Morgan fingerprint density at radius 1 is 1.00 bits per heavy atom. The normalized spacial score (nSPS) is 11.7. The number of benzene rings is 2. The SMILES string of the molecule is Cc1cccc(NC(=O)NC(c2ccccc2)c2cccs2)c1. The highest BCUT2D eigenvalue weighted by Crippen LogP contribution is 2.26. The summed E-state index contributed by atoms with van der Waals surface area (Å²) < 4.78 is 0. The van der Waals surface area contributed by atoms with Crippen LogP contribution in [0.25, 0.3) is 0 Å². The predicted octanol–water partition coefficient (Wildman–Crippen LogP) is 4.97. The number of anilines is 1. The third-order valence-electron chi connectivity index (χ3n) is 3.51. The summed E-state index contributed by atoms with van der Waals surface area (Å²) in [5.41, 5.74) is 2.97. The van der Waals surface area contributed by atoms with E-state index in [4.69, 9.17) is 0 Å². The molecule has 0 saturated carbocycles. The summed E-state index contributed by atoms with van der Waals surface area (Å²) in [6, 6.07) is 21.4. The lowest BCUT2D eigenvalue weighted by molar-refractivity contribution is 0.250. The van der Waals surface area contributed by atoms with E-state index in [9.17, 15) is 4.79 Å². The second-order valence-electron chi connectivity index (χ2n) is 5.33. The summed E-state index contributed by atoms with van der Waals surface area (Å²) in [4.78, 5) is 13.5. The van der Waals surface area contributed by atoms with Crippen molar-refractivity contribution in [2.75, 3.05) is 5.32 Å². The third kappa shape index (κ3) is 3.99. The average Bonchev–Trinajstić information content (AvgIpc) is 3.07. The molecule has 3 nitrogen and oxygen atoms in total. The Labute approximate surface area is 140 Å². The first kappa shape index (κ1) is 15.3. The fourth-order valence-electron chi connectivity index (χ4n) is 2.44. The molecule has 0 saturated heterocycles. The van der Waals surface area contributed by atoms with Gasteiger partial charge in [-0.3, -0.25) is 0 Å². The van der Waals surface area contributed by atoms with Crippen molar-refractivity contribution in [2.24, 2.45) is 0 Å². The van der Waals surface area contributed by atoms with Crippen LogP contribution < -0.4 is 10.6 Å². The minimum absolute atomic E-state index is 0.152. The minimum Gasteiger partial charge on any atom is -0.326 e. The number of amides is 2. The van der Waals surface area contributed by atoms with E-state index in [1.54, 1.807) is 11.3 Å². The van der Waals surface area contributed by atoms with Crippen LogP contribution in [0.4, 0.5) is 10.5 Å². The number of hydrogen-bond acceptors (Lipinski definition) is 2. The van der Waals surface area contributed by atoms with Gasteiger partial charge in [-0.15, -0.1) is 11.3 Å². The van der Waals surface area contributed by atoms with Gasteiger partial charge in [-0.1, -0.05) is 48.5 Å². The fraction of sp³-hybridized carbons (Fsp3) is 0.105. The minimum atomic E-state index is -0.210. The van der Waals surface area contributed by atoms with E-state index in [1.807, 2.05) is 79.0 Å². The molecule has 1 aromatic heterocycles. The van der Waals surface area contributed by atoms with E-state index in [-0.39, 0.29) is 12.1 Å². The van der Waals surface area contributed by atoms with Crippen molar-refractivity contribution in [1.82, 2.24) is 5.32 Å². The molecule has 0 spiro atoms. The van der Waals surface area contributed by atoms with E-state index < -0.39 is 0 Å². The van der Waals surface area contributed by atoms with Crippen molar-refractivity contribution in [3.05, 3.63) is 88.1 Å². The van der Waals surface area contributed by atoms with Crippen LogP contribution in [0.1, 0.15) is 22.0 Å². The molecule has 2 amide bonds. The Balaban J connectivity index is 1.77. The van der Waals surface area contributed by atoms with Gasteiger partial charge in [0.2, 0.25) is 0 Å². The molecular weight excluding hydrogens is 304 g/mol. The van der Waals surface area contributed by atoms with Crippen LogP contribution in [0, 0.1) is 6.92 Å². The monoisotopic (exact) mass is 322 g/mol. The first-order valence-corrected chi connectivity index (χ1v) is 8.33. The van der Waals surface area contributed by atoms with Gasteiger partial charge in [-0.05, 0) is 41.6 Å². The first-order chi connectivity index (χ1) is 11.2. The molecule has 3 aromatic rings. The molecule has 0 aliphatic rings. The number of thiophene rings is 1. The van der Waals surface area contributed by atoms with Crippen LogP contribution >= 0.6 is 11.3 Å². The molecule has 0 bridgehead atoms. The number of carbonyl (C=O) groups is 1. The van der Waals surface area contributed by atoms with Gasteiger partial charge in [0.05, 0.1) is 6.04 Å². The average molecular weight is 322 g/mol. The molecule has 0 aliphatic heterocycles. The number of urea groups is 1. The number of nitrogens with one attached hydrogen (secondary N) is 2. The molecule has 1 atom stereocenters. The van der Waals surface area contributed by atoms with Gasteiger partial charge in [0.15, 0.2) is 0 Å². The Kier molecular flexibility index (Phi) is 4.74. The maximum absolute atomic E-state index is 12.4. The zero-order valence-electron chi connectivity index (χ0n) is 12.8. The van der Waals surface area contributed by atoms with Gasteiger partial charge in [-0.25, -0.2) is 4.79 Å². The van der Waals surface area contributed by atoms with Crippen molar-refractivity contribution < 1.29 is 4.79 Å². The Morgan fingerprint density at radius 2 is 1.83 bits per heavy atom. The summed E-state index contributed by atoms with van der Waals surface area (Å²) in [5, 5.41) is 7.98. The molecule has 3 rings (SSSR count). The Morgan fingerprint density at radius 3 is 2.52 bits per heavy atom. The smallest absolute Gasteiger partial charge is 0.320 e. The second kappa shape index (κ2) is 7.11. The lowest BCUT2D eigenvalue weighted by Gasteiger charge is -2.18. The zero-order chi connectivity index (χ0) is 16.1. The molecular formula is C19H18N2OS. The van der Waals surface area contributed by atoms with Gasteiger partial charge < -0.3 is 10.6 Å². The Bertz CT molecular complexity index is 769. The second-order valence-corrected chi connectivity index (χ2v) is 6.31. The highest BCUT2D eigenvalue weighted by Gasteiger charge is 2.17. The number of carbonyl (C=O) groups excluding carboxylic acids is 1. The van der Waals surface area contributed by atoms with Gasteiger partial charge in [0.25, 0.3) is 0 Å². The zero-order valence-corrected chi connectivity index (χ0v) is 13.6. The van der Waals surface area contributed by atoms with Crippen LogP contribution in [-0.2, 0) is 0 Å². The van der Waals surface area contributed by atoms with Crippen molar-refractivity contribution in [3.8, 4) is 0 Å². The third-order valence-corrected chi connectivity index (χ3v) is 4.45. The van der Waals surface area contributed by atoms with Crippen LogP contribution in [-0.4, -0.2) is 6.03 Å². The summed E-state index contributed by atoms with van der Waals surface area (Å²) >= 11 is 1.63. The molecule has 0 radical (unpaired) electrons. The van der Waals surface area contributed by atoms with Crippen molar-refractivity contribution in [3.63, 3.8) is 0 Å². The largest absolute Gasteiger partial charge is 0.326 e. The van der Waals surface area contributed by atoms with Crippen molar-refractivity contribution >= 4 is 23.1 Å². The van der Waals surface area contributed by atoms with Crippen LogP contribution in [0.15, 0.2) is 72.1 Å². The molecule has 0 aliphatic carbocycles. The van der Waals surface area contributed by atoms with E-state index in [0.29, 0.717) is 0 Å². The lowest BCUT2D eigenvalue weighted by atomic mass is 10.1. The van der Waals surface area contributed by atoms with Crippen LogP contribution in [0.5, 0.6) is 0 Å². The van der Waals surface area contributed by atoms with E-state index in [0.717, 1.165) is 21.7 Å². The molecule has 4 heteroatoms. The van der Waals surface area contributed by atoms with Crippen LogP contribution in [0.2, 0.25) is 0 Å². The van der Waals surface area contributed by atoms with Crippen LogP contribution in [0.3, 0.4) is 0 Å². The first-order valence-electron chi connectivity index (χ1n) is 7.45. The van der Waals surface area contributed by atoms with Gasteiger partial charge >= 0.3 is 6.03 Å². The molecule has 2 N–H and O–H groups in total. The Hall–Kier alpha value is -2.59. The van der Waals surface area contributed by atoms with E-state index in [2.05, 4.69) is 10.6 Å². The van der Waals surface area contributed by atoms with Gasteiger partial charge in [-0.2, -0.15) is 0 Å². The maximum Gasteiger partial charge on any atom is 0.320 e. The summed E-state index contributed by atoms with van der Waals surface area (Å²) in [6.07, 6.45) is 0. The highest BCUT2D eigenvalue weighted by molar-refractivity contribution is 7.10.